The van der Waals surface area contributed by atoms with Crippen LogP contribution in [0, 0.1) is 0 Å². The van der Waals surface area contributed by atoms with Crippen molar-refractivity contribution in [2.24, 2.45) is 0 Å². The van der Waals surface area contributed by atoms with E-state index in [-0.39, 0.29) is 12.1 Å². The van der Waals surface area contributed by atoms with Crippen molar-refractivity contribution in [2.75, 3.05) is 13.1 Å². The van der Waals surface area contributed by atoms with E-state index in [1.165, 1.54) is 17.0 Å². The van der Waals surface area contributed by atoms with Crippen LogP contribution in [0.3, 0.4) is 0 Å². The minimum absolute atomic E-state index is 0.000995. The molecule has 18 heavy (non-hydrogen) atoms. The van der Waals surface area contributed by atoms with E-state index < -0.39 is 23.8 Å². The molecule has 1 aliphatic rings. The zero-order valence-electron chi connectivity index (χ0n) is 9.44. The molecule has 0 aliphatic carbocycles. The van der Waals surface area contributed by atoms with E-state index in [0.717, 1.165) is 12.1 Å². The summed E-state index contributed by atoms with van der Waals surface area (Å²) in [7, 11) is 0. The van der Waals surface area contributed by atoms with Crippen LogP contribution in [0.5, 0.6) is 0 Å². The number of rotatable bonds is 1. The molecule has 1 saturated heterocycles. The SMILES string of the molecule is O=C(c1cccc(C(F)(F)F)c1)N1CCC(O)C1. The lowest BCUT2D eigenvalue weighted by molar-refractivity contribution is -0.137. The molecule has 1 aromatic rings. The highest BCUT2D eigenvalue weighted by atomic mass is 19.4. The average molecular weight is 259 g/mol. The van der Waals surface area contributed by atoms with E-state index in [9.17, 15) is 23.1 Å². The molecule has 1 N–H and O–H groups in total. The zero-order valence-corrected chi connectivity index (χ0v) is 9.44. The fourth-order valence-electron chi connectivity index (χ4n) is 1.94. The van der Waals surface area contributed by atoms with Crippen molar-refractivity contribution in [2.45, 2.75) is 18.7 Å². The van der Waals surface area contributed by atoms with Gasteiger partial charge in [0, 0.05) is 18.7 Å². The fourth-order valence-corrected chi connectivity index (χ4v) is 1.94. The third-order valence-electron chi connectivity index (χ3n) is 2.89. The lowest BCUT2D eigenvalue weighted by atomic mass is 10.1. The van der Waals surface area contributed by atoms with Crippen LogP contribution in [0.1, 0.15) is 22.3 Å². The van der Waals surface area contributed by atoms with Gasteiger partial charge in [0.15, 0.2) is 0 Å². The summed E-state index contributed by atoms with van der Waals surface area (Å²) >= 11 is 0. The minimum atomic E-state index is -4.46. The average Bonchev–Trinajstić information content (AvgIpc) is 2.74. The predicted molar refractivity (Wildman–Crippen MR) is 58.0 cm³/mol. The molecule has 0 bridgehead atoms. The zero-order chi connectivity index (χ0) is 13.3. The Morgan fingerprint density at radius 1 is 1.39 bits per heavy atom. The summed E-state index contributed by atoms with van der Waals surface area (Å²) in [5.74, 6) is -0.474. The molecule has 1 fully saturated rings. The van der Waals surface area contributed by atoms with Crippen molar-refractivity contribution in [3.05, 3.63) is 35.4 Å². The molecule has 1 atom stereocenters. The van der Waals surface area contributed by atoms with E-state index in [2.05, 4.69) is 0 Å². The van der Waals surface area contributed by atoms with Gasteiger partial charge < -0.3 is 10.0 Å². The van der Waals surface area contributed by atoms with E-state index in [1.807, 2.05) is 0 Å². The molecule has 1 aliphatic heterocycles. The van der Waals surface area contributed by atoms with Crippen molar-refractivity contribution in [3.8, 4) is 0 Å². The first-order valence-corrected chi connectivity index (χ1v) is 5.52. The number of carbonyl (C=O) groups is 1. The lowest BCUT2D eigenvalue weighted by Gasteiger charge is -2.16. The molecule has 0 saturated carbocycles. The Morgan fingerprint density at radius 2 is 2.11 bits per heavy atom. The second kappa shape index (κ2) is 4.61. The maximum atomic E-state index is 12.5. The Kier molecular flexibility index (Phi) is 3.30. The normalized spacial score (nSPS) is 20.2. The number of β-amino-alcohol motifs (C(OH)–C–C–N with tert-alkyl or cyclic N) is 1. The minimum Gasteiger partial charge on any atom is -0.391 e. The van der Waals surface area contributed by atoms with Gasteiger partial charge in [-0.05, 0) is 24.6 Å². The molecule has 0 spiro atoms. The standard InChI is InChI=1S/C12H12F3NO2/c13-12(14,15)9-3-1-2-8(6-9)11(18)16-5-4-10(17)7-16/h1-3,6,10,17H,4-5,7H2. The number of likely N-dealkylation sites (tertiary alicyclic amines) is 1. The van der Waals surface area contributed by atoms with Gasteiger partial charge in [0.1, 0.15) is 0 Å². The molecule has 0 aromatic heterocycles. The Bertz CT molecular complexity index is 459. The third kappa shape index (κ3) is 2.64. The summed E-state index contributed by atoms with van der Waals surface area (Å²) in [6.07, 6.45) is -4.58. The van der Waals surface area contributed by atoms with Gasteiger partial charge in [0.25, 0.3) is 5.91 Å². The van der Waals surface area contributed by atoms with Crippen LogP contribution in [0.4, 0.5) is 13.2 Å². The number of alkyl halides is 3. The molecule has 3 nitrogen and oxygen atoms in total. The largest absolute Gasteiger partial charge is 0.416 e. The van der Waals surface area contributed by atoms with Crippen molar-refractivity contribution in [1.29, 1.82) is 0 Å². The predicted octanol–water partition coefficient (Wildman–Crippen LogP) is 1.91. The maximum absolute atomic E-state index is 12.5. The van der Waals surface area contributed by atoms with Crippen LogP contribution >= 0.6 is 0 Å². The van der Waals surface area contributed by atoms with Crippen LogP contribution in [0.2, 0.25) is 0 Å². The first kappa shape index (κ1) is 12.9. The summed E-state index contributed by atoms with van der Waals surface area (Å²) < 4.78 is 37.5. The van der Waals surface area contributed by atoms with E-state index in [0.29, 0.717) is 13.0 Å². The molecule has 0 radical (unpaired) electrons. The number of hydrogen-bond acceptors (Lipinski definition) is 2. The van der Waals surface area contributed by atoms with Crippen molar-refractivity contribution in [1.82, 2.24) is 4.90 Å². The van der Waals surface area contributed by atoms with Gasteiger partial charge in [-0.1, -0.05) is 6.07 Å². The van der Waals surface area contributed by atoms with Crippen LogP contribution in [-0.2, 0) is 6.18 Å². The first-order valence-electron chi connectivity index (χ1n) is 5.52. The highest BCUT2D eigenvalue weighted by molar-refractivity contribution is 5.94. The molecule has 1 unspecified atom stereocenters. The Balaban J connectivity index is 2.21. The molecule has 6 heteroatoms. The smallest absolute Gasteiger partial charge is 0.391 e. The van der Waals surface area contributed by atoms with Crippen LogP contribution in [0.25, 0.3) is 0 Å². The Labute approximate surface area is 102 Å². The summed E-state index contributed by atoms with van der Waals surface area (Å²) in [5.41, 5.74) is -0.841. The highest BCUT2D eigenvalue weighted by Gasteiger charge is 2.32. The van der Waals surface area contributed by atoms with E-state index >= 15 is 0 Å². The van der Waals surface area contributed by atoms with E-state index in [1.54, 1.807) is 0 Å². The number of aliphatic hydroxyl groups is 1. The molecule has 1 heterocycles. The van der Waals surface area contributed by atoms with Gasteiger partial charge in [-0.25, -0.2) is 0 Å². The fraction of sp³-hybridized carbons (Fsp3) is 0.417. The van der Waals surface area contributed by atoms with Gasteiger partial charge in [-0.3, -0.25) is 4.79 Å². The van der Waals surface area contributed by atoms with Crippen LogP contribution in [-0.4, -0.2) is 35.1 Å². The van der Waals surface area contributed by atoms with Crippen molar-refractivity contribution in [3.63, 3.8) is 0 Å². The number of benzene rings is 1. The quantitative estimate of drug-likeness (QED) is 0.837. The van der Waals surface area contributed by atoms with Crippen LogP contribution < -0.4 is 0 Å². The van der Waals surface area contributed by atoms with Gasteiger partial charge in [-0.15, -0.1) is 0 Å². The second-order valence-corrected chi connectivity index (χ2v) is 4.27. The topological polar surface area (TPSA) is 40.5 Å². The molecule has 2 rings (SSSR count). The molecule has 98 valence electrons. The summed E-state index contributed by atoms with van der Waals surface area (Å²) in [6.45, 7) is 0.547. The second-order valence-electron chi connectivity index (χ2n) is 4.27. The number of amides is 1. The summed E-state index contributed by atoms with van der Waals surface area (Å²) in [6, 6.07) is 4.33. The number of aliphatic hydroxyl groups excluding tert-OH is 1. The van der Waals surface area contributed by atoms with Crippen molar-refractivity contribution >= 4 is 5.91 Å². The van der Waals surface area contributed by atoms with Gasteiger partial charge in [0.05, 0.1) is 11.7 Å². The van der Waals surface area contributed by atoms with E-state index in [4.69, 9.17) is 0 Å². The Morgan fingerprint density at radius 3 is 2.67 bits per heavy atom. The Hall–Kier alpha value is -1.56. The number of nitrogens with zero attached hydrogens (tertiary/aromatic N) is 1. The monoisotopic (exact) mass is 259 g/mol. The van der Waals surface area contributed by atoms with Gasteiger partial charge in [-0.2, -0.15) is 13.2 Å². The highest BCUT2D eigenvalue weighted by Crippen LogP contribution is 2.30. The number of halogens is 3. The number of hydrogen-bond donors (Lipinski definition) is 1. The molecule has 1 aromatic carbocycles. The van der Waals surface area contributed by atoms with Crippen LogP contribution in [0.15, 0.2) is 24.3 Å². The first-order chi connectivity index (χ1) is 8.38. The van der Waals surface area contributed by atoms with Crippen molar-refractivity contribution < 1.29 is 23.1 Å². The summed E-state index contributed by atoms with van der Waals surface area (Å²) in [4.78, 5) is 13.3. The number of carbonyl (C=O) groups excluding carboxylic acids is 1. The van der Waals surface area contributed by atoms with Gasteiger partial charge >= 0.3 is 6.18 Å². The van der Waals surface area contributed by atoms with Gasteiger partial charge in [0.2, 0.25) is 0 Å². The summed E-state index contributed by atoms with van der Waals surface area (Å²) in [5, 5.41) is 9.31. The lowest BCUT2D eigenvalue weighted by Crippen LogP contribution is -2.29. The molecule has 1 amide bonds. The molecular weight excluding hydrogens is 247 g/mol. The molecular formula is C12H12F3NO2. The maximum Gasteiger partial charge on any atom is 0.416 e. The third-order valence-corrected chi connectivity index (χ3v) is 2.89.